The minimum atomic E-state index is 0.153. The number of likely N-dealkylation sites (tertiary alicyclic amines) is 1. The molecule has 4 heteroatoms. The Balaban J connectivity index is 1.55. The summed E-state index contributed by atoms with van der Waals surface area (Å²) in [6.45, 7) is 6.77. The number of halogens is 1. The van der Waals surface area contributed by atoms with Crippen LogP contribution in [0.1, 0.15) is 70.8 Å². The molecule has 2 aliphatic rings. The lowest BCUT2D eigenvalue weighted by Gasteiger charge is -2.50. The van der Waals surface area contributed by atoms with Crippen LogP contribution in [0.15, 0.2) is 24.4 Å². The zero-order chi connectivity index (χ0) is 19.1. The standard InChI is InChI=1S/C23H31ClN2O/c1-14-6-4-9-21-17(14)11-10-16(3)26(21)22(27)12-15(2)18-13-25-20-8-5-7-19(24)23(18)20/h5,7-8,13-17,21,25H,4,6,9-12H2,1-3H3. The molecule has 0 bridgehead atoms. The van der Waals surface area contributed by atoms with Crippen LogP contribution in [0.2, 0.25) is 5.02 Å². The van der Waals surface area contributed by atoms with Crippen LogP contribution in [0.4, 0.5) is 0 Å². The number of amides is 1. The Kier molecular flexibility index (Phi) is 5.24. The molecule has 5 unspecified atom stereocenters. The van der Waals surface area contributed by atoms with Gasteiger partial charge in [-0.2, -0.15) is 0 Å². The number of aromatic nitrogens is 1. The fourth-order valence-electron chi connectivity index (χ4n) is 5.64. The number of nitrogens with zero attached hydrogens (tertiary/aromatic N) is 1. The highest BCUT2D eigenvalue weighted by Gasteiger charge is 2.42. The van der Waals surface area contributed by atoms with E-state index in [9.17, 15) is 4.79 Å². The Morgan fingerprint density at radius 3 is 2.89 bits per heavy atom. The molecule has 1 saturated heterocycles. The van der Waals surface area contributed by atoms with Gasteiger partial charge in [0.1, 0.15) is 0 Å². The average Bonchev–Trinajstić information content (AvgIpc) is 3.07. The Hall–Kier alpha value is -1.48. The van der Waals surface area contributed by atoms with Crippen molar-refractivity contribution in [2.75, 3.05) is 0 Å². The van der Waals surface area contributed by atoms with Crippen molar-refractivity contribution in [2.24, 2.45) is 11.8 Å². The van der Waals surface area contributed by atoms with Crippen LogP contribution >= 0.6 is 11.6 Å². The summed E-state index contributed by atoms with van der Waals surface area (Å²) in [6, 6.07) is 6.74. The first-order chi connectivity index (χ1) is 13.0. The van der Waals surface area contributed by atoms with Gasteiger partial charge in [-0.1, -0.05) is 44.4 Å². The topological polar surface area (TPSA) is 36.1 Å². The molecule has 1 aromatic heterocycles. The molecule has 1 aromatic carbocycles. The van der Waals surface area contributed by atoms with E-state index in [2.05, 4.69) is 30.7 Å². The monoisotopic (exact) mass is 386 g/mol. The van der Waals surface area contributed by atoms with Crippen molar-refractivity contribution in [3.8, 4) is 0 Å². The third-order valence-electron chi connectivity index (χ3n) is 7.12. The number of piperidine rings is 1. The lowest BCUT2D eigenvalue weighted by atomic mass is 9.70. The highest BCUT2D eigenvalue weighted by molar-refractivity contribution is 6.35. The lowest BCUT2D eigenvalue weighted by molar-refractivity contribution is -0.142. The van der Waals surface area contributed by atoms with Crippen LogP contribution in [0.5, 0.6) is 0 Å². The van der Waals surface area contributed by atoms with Crippen molar-refractivity contribution in [1.82, 2.24) is 9.88 Å². The van der Waals surface area contributed by atoms with Gasteiger partial charge < -0.3 is 9.88 Å². The van der Waals surface area contributed by atoms with E-state index in [4.69, 9.17) is 11.6 Å². The molecule has 1 N–H and O–H groups in total. The third kappa shape index (κ3) is 3.40. The van der Waals surface area contributed by atoms with Crippen LogP contribution in [-0.2, 0) is 4.79 Å². The first-order valence-corrected chi connectivity index (χ1v) is 10.9. The maximum absolute atomic E-state index is 13.4. The van der Waals surface area contributed by atoms with E-state index >= 15 is 0 Å². The molecule has 27 heavy (non-hydrogen) atoms. The molecule has 1 saturated carbocycles. The SMILES string of the molecule is CC(CC(=O)N1C(C)CCC2C(C)CCCC21)c1c[nH]c2cccc(Cl)c12. The fourth-order valence-corrected chi connectivity index (χ4v) is 5.92. The molecule has 2 fully saturated rings. The van der Waals surface area contributed by atoms with Crippen LogP contribution in [0, 0.1) is 11.8 Å². The summed E-state index contributed by atoms with van der Waals surface area (Å²) in [5.74, 6) is 1.91. The summed E-state index contributed by atoms with van der Waals surface area (Å²) in [5, 5.41) is 1.82. The quantitative estimate of drug-likeness (QED) is 0.676. The normalized spacial score (nSPS) is 29.6. The largest absolute Gasteiger partial charge is 0.361 e. The summed E-state index contributed by atoms with van der Waals surface area (Å²) in [4.78, 5) is 19.0. The number of carbonyl (C=O) groups excluding carboxylic acids is 1. The molecule has 146 valence electrons. The van der Waals surface area contributed by atoms with Gasteiger partial charge in [0.2, 0.25) is 5.91 Å². The summed E-state index contributed by atoms with van der Waals surface area (Å²) in [5.41, 5.74) is 2.20. The first-order valence-electron chi connectivity index (χ1n) is 10.5. The smallest absolute Gasteiger partial charge is 0.223 e. The van der Waals surface area contributed by atoms with Crippen molar-refractivity contribution in [1.29, 1.82) is 0 Å². The van der Waals surface area contributed by atoms with Crippen LogP contribution < -0.4 is 0 Å². The van der Waals surface area contributed by atoms with E-state index in [1.54, 1.807) is 0 Å². The Morgan fingerprint density at radius 1 is 1.26 bits per heavy atom. The number of hydrogen-bond donors (Lipinski definition) is 1. The molecule has 1 aliphatic heterocycles. The second-order valence-electron chi connectivity index (χ2n) is 8.88. The van der Waals surface area contributed by atoms with Gasteiger partial charge in [0.25, 0.3) is 0 Å². The van der Waals surface area contributed by atoms with E-state index in [1.165, 1.54) is 25.7 Å². The van der Waals surface area contributed by atoms with Gasteiger partial charge in [0, 0.05) is 35.6 Å². The van der Waals surface area contributed by atoms with Crippen molar-refractivity contribution in [3.05, 3.63) is 35.0 Å². The van der Waals surface area contributed by atoms with Gasteiger partial charge in [-0.15, -0.1) is 0 Å². The van der Waals surface area contributed by atoms with Gasteiger partial charge in [-0.3, -0.25) is 4.79 Å². The van der Waals surface area contributed by atoms with Crippen molar-refractivity contribution in [3.63, 3.8) is 0 Å². The summed E-state index contributed by atoms with van der Waals surface area (Å²) < 4.78 is 0. The van der Waals surface area contributed by atoms with Crippen molar-refractivity contribution < 1.29 is 4.79 Å². The first kappa shape index (κ1) is 18.9. The van der Waals surface area contributed by atoms with E-state index in [-0.39, 0.29) is 5.92 Å². The Labute approximate surface area is 167 Å². The minimum Gasteiger partial charge on any atom is -0.361 e. The van der Waals surface area contributed by atoms with E-state index < -0.39 is 0 Å². The van der Waals surface area contributed by atoms with E-state index in [0.717, 1.165) is 33.8 Å². The number of benzene rings is 1. The molecule has 2 heterocycles. The molecule has 2 aromatic rings. The number of nitrogens with one attached hydrogen (secondary N) is 1. The highest BCUT2D eigenvalue weighted by Crippen LogP contribution is 2.42. The molecule has 0 radical (unpaired) electrons. The maximum Gasteiger partial charge on any atom is 0.223 e. The molecule has 1 amide bonds. The molecular formula is C23H31ClN2O. The fraction of sp³-hybridized carbons (Fsp3) is 0.609. The second-order valence-corrected chi connectivity index (χ2v) is 9.29. The molecule has 4 rings (SSSR count). The molecular weight excluding hydrogens is 356 g/mol. The average molecular weight is 387 g/mol. The minimum absolute atomic E-state index is 0.153. The predicted molar refractivity (Wildman–Crippen MR) is 112 cm³/mol. The molecule has 3 nitrogen and oxygen atoms in total. The molecule has 5 atom stereocenters. The second kappa shape index (κ2) is 7.50. The lowest BCUT2D eigenvalue weighted by Crippen LogP contribution is -2.55. The predicted octanol–water partition coefficient (Wildman–Crippen LogP) is 6.13. The summed E-state index contributed by atoms with van der Waals surface area (Å²) in [6.07, 6.45) is 8.77. The number of fused-ring (bicyclic) bond motifs is 2. The Morgan fingerprint density at radius 2 is 2.07 bits per heavy atom. The van der Waals surface area contributed by atoms with Gasteiger partial charge >= 0.3 is 0 Å². The molecule has 0 spiro atoms. The number of H-pyrrole nitrogens is 1. The van der Waals surface area contributed by atoms with Crippen LogP contribution in [0.3, 0.4) is 0 Å². The van der Waals surface area contributed by atoms with Gasteiger partial charge in [-0.25, -0.2) is 0 Å². The highest BCUT2D eigenvalue weighted by atomic mass is 35.5. The molecule has 1 aliphatic carbocycles. The van der Waals surface area contributed by atoms with Gasteiger partial charge in [-0.05, 0) is 61.6 Å². The summed E-state index contributed by atoms with van der Waals surface area (Å²) in [7, 11) is 0. The third-order valence-corrected chi connectivity index (χ3v) is 7.43. The van der Waals surface area contributed by atoms with Crippen molar-refractivity contribution >= 4 is 28.4 Å². The zero-order valence-corrected chi connectivity index (χ0v) is 17.4. The van der Waals surface area contributed by atoms with E-state index in [0.29, 0.717) is 30.3 Å². The Bertz CT molecular complexity index is 829. The zero-order valence-electron chi connectivity index (χ0n) is 16.7. The van der Waals surface area contributed by atoms with E-state index in [1.807, 2.05) is 24.4 Å². The number of aromatic amines is 1. The van der Waals surface area contributed by atoms with Crippen LogP contribution in [0.25, 0.3) is 10.9 Å². The maximum atomic E-state index is 13.4. The number of rotatable bonds is 3. The van der Waals surface area contributed by atoms with Gasteiger partial charge in [0.15, 0.2) is 0 Å². The summed E-state index contributed by atoms with van der Waals surface area (Å²) >= 11 is 6.45. The van der Waals surface area contributed by atoms with Gasteiger partial charge in [0.05, 0.1) is 5.02 Å². The van der Waals surface area contributed by atoms with Crippen molar-refractivity contribution in [2.45, 2.75) is 77.3 Å². The number of hydrogen-bond acceptors (Lipinski definition) is 1. The number of carbonyl (C=O) groups is 1. The van der Waals surface area contributed by atoms with Crippen LogP contribution in [-0.4, -0.2) is 27.9 Å².